The van der Waals surface area contributed by atoms with E-state index in [9.17, 15) is 14.7 Å². The summed E-state index contributed by atoms with van der Waals surface area (Å²) in [7, 11) is 0. The van der Waals surface area contributed by atoms with Crippen molar-refractivity contribution < 1.29 is 24.2 Å². The van der Waals surface area contributed by atoms with Crippen LogP contribution in [0.1, 0.15) is 20.3 Å². The van der Waals surface area contributed by atoms with Crippen LogP contribution in [0.25, 0.3) is 0 Å². The molecule has 1 aliphatic rings. The van der Waals surface area contributed by atoms with Crippen molar-refractivity contribution in [1.82, 2.24) is 0 Å². The molecule has 0 aromatic rings. The zero-order valence-electron chi connectivity index (χ0n) is 8.78. The summed E-state index contributed by atoms with van der Waals surface area (Å²) in [5.74, 6) is -1.43. The number of hydrogen-bond acceptors (Lipinski definition) is 5. The normalized spacial score (nSPS) is 30.6. The fraction of sp³-hybridized carbons (Fsp3) is 0.600. The highest BCUT2D eigenvalue weighted by Gasteiger charge is 2.45. The lowest BCUT2D eigenvalue weighted by molar-refractivity contribution is -0.195. The quantitative estimate of drug-likeness (QED) is 0.524. The van der Waals surface area contributed by atoms with Crippen LogP contribution >= 0.6 is 0 Å². The van der Waals surface area contributed by atoms with E-state index in [1.54, 1.807) is 0 Å². The van der Waals surface area contributed by atoms with Gasteiger partial charge in [0.2, 0.25) is 6.10 Å². The largest absolute Gasteiger partial charge is 0.463 e. The Morgan fingerprint density at radius 1 is 1.73 bits per heavy atom. The predicted molar refractivity (Wildman–Crippen MR) is 50.9 cm³/mol. The molecule has 15 heavy (non-hydrogen) atoms. The Labute approximate surface area is 87.7 Å². The summed E-state index contributed by atoms with van der Waals surface area (Å²) < 4.78 is 9.52. The highest BCUT2D eigenvalue weighted by atomic mass is 16.6. The van der Waals surface area contributed by atoms with E-state index in [0.29, 0.717) is 0 Å². The first-order valence-corrected chi connectivity index (χ1v) is 4.60. The molecule has 1 aliphatic heterocycles. The predicted octanol–water partition coefficient (Wildman–Crippen LogP) is 0.172. The second-order valence-corrected chi connectivity index (χ2v) is 3.84. The third kappa shape index (κ3) is 2.56. The molecular formula is C10H14O5. The van der Waals surface area contributed by atoms with Crippen LogP contribution in [0.5, 0.6) is 0 Å². The van der Waals surface area contributed by atoms with E-state index in [1.165, 1.54) is 13.8 Å². The molecule has 0 spiro atoms. The summed E-state index contributed by atoms with van der Waals surface area (Å²) in [6.07, 6.45) is -1.03. The van der Waals surface area contributed by atoms with Crippen LogP contribution < -0.4 is 0 Å². The minimum absolute atomic E-state index is 0.132. The first kappa shape index (κ1) is 11.7. The lowest BCUT2D eigenvalue weighted by Gasteiger charge is -2.34. The van der Waals surface area contributed by atoms with Crippen molar-refractivity contribution >= 4 is 11.9 Å². The van der Waals surface area contributed by atoms with Crippen molar-refractivity contribution in [3.8, 4) is 0 Å². The van der Waals surface area contributed by atoms with Gasteiger partial charge in [-0.1, -0.05) is 6.58 Å². The number of hydrogen-bond donors (Lipinski definition) is 1. The standard InChI is InChI=1S/C10H14O5/c1-6(2)8(11)15-7-9(12)14-5-4-10(7,3)13/h7,13H,1,4-5H2,2-3H3. The summed E-state index contributed by atoms with van der Waals surface area (Å²) in [6, 6.07) is 0. The first-order chi connectivity index (χ1) is 6.84. The minimum atomic E-state index is -1.37. The molecule has 1 saturated heterocycles. The van der Waals surface area contributed by atoms with E-state index in [4.69, 9.17) is 9.47 Å². The first-order valence-electron chi connectivity index (χ1n) is 4.60. The van der Waals surface area contributed by atoms with Crippen molar-refractivity contribution in [3.05, 3.63) is 12.2 Å². The van der Waals surface area contributed by atoms with Crippen molar-refractivity contribution in [3.63, 3.8) is 0 Å². The molecule has 0 aromatic carbocycles. The van der Waals surface area contributed by atoms with Crippen molar-refractivity contribution in [2.24, 2.45) is 0 Å². The molecule has 0 aromatic heterocycles. The highest BCUT2D eigenvalue weighted by Crippen LogP contribution is 2.24. The van der Waals surface area contributed by atoms with Gasteiger partial charge in [0.15, 0.2) is 0 Å². The van der Waals surface area contributed by atoms with Crippen molar-refractivity contribution in [2.75, 3.05) is 6.61 Å². The number of rotatable bonds is 2. The van der Waals surface area contributed by atoms with Crippen molar-refractivity contribution in [1.29, 1.82) is 0 Å². The third-order valence-corrected chi connectivity index (χ3v) is 2.20. The Morgan fingerprint density at radius 3 is 2.80 bits per heavy atom. The van der Waals surface area contributed by atoms with Gasteiger partial charge in [-0.05, 0) is 13.8 Å². The molecule has 0 amide bonds. The van der Waals surface area contributed by atoms with E-state index in [0.717, 1.165) is 0 Å². The molecule has 5 nitrogen and oxygen atoms in total. The van der Waals surface area contributed by atoms with Gasteiger partial charge < -0.3 is 14.6 Å². The number of cyclic esters (lactones) is 1. The molecule has 0 aliphatic carbocycles. The Hall–Kier alpha value is -1.36. The summed E-state index contributed by atoms with van der Waals surface area (Å²) in [5, 5.41) is 9.83. The number of ether oxygens (including phenoxy) is 2. The van der Waals surface area contributed by atoms with Gasteiger partial charge in [0.05, 0.1) is 6.61 Å². The summed E-state index contributed by atoms with van der Waals surface area (Å²) in [4.78, 5) is 22.5. The maximum atomic E-state index is 11.3. The number of carbonyl (C=O) groups is 2. The van der Waals surface area contributed by atoms with Crippen LogP contribution in [0.2, 0.25) is 0 Å². The van der Waals surface area contributed by atoms with Crippen LogP contribution in [0, 0.1) is 0 Å². The summed E-state index contributed by atoms with van der Waals surface area (Å²) in [5.41, 5.74) is -1.20. The van der Waals surface area contributed by atoms with E-state index >= 15 is 0 Å². The number of esters is 2. The van der Waals surface area contributed by atoms with Crippen LogP contribution in [-0.4, -0.2) is 35.4 Å². The highest BCUT2D eigenvalue weighted by molar-refractivity contribution is 5.90. The van der Waals surface area contributed by atoms with Crippen molar-refractivity contribution in [2.45, 2.75) is 32.0 Å². The molecule has 1 N–H and O–H groups in total. The smallest absolute Gasteiger partial charge is 0.350 e. The minimum Gasteiger partial charge on any atom is -0.463 e. The Bertz CT molecular complexity index is 305. The van der Waals surface area contributed by atoms with Crippen LogP contribution in [0.15, 0.2) is 12.2 Å². The SMILES string of the molecule is C=C(C)C(=O)OC1C(=O)OCCC1(C)O. The van der Waals surface area contributed by atoms with E-state index < -0.39 is 23.6 Å². The molecule has 0 radical (unpaired) electrons. The second kappa shape index (κ2) is 4.02. The maximum Gasteiger partial charge on any atom is 0.350 e. The van der Waals surface area contributed by atoms with E-state index in [1.807, 2.05) is 0 Å². The molecule has 0 saturated carbocycles. The average Bonchev–Trinajstić information content (AvgIpc) is 2.10. The molecule has 1 heterocycles. The molecule has 5 heteroatoms. The van der Waals surface area contributed by atoms with Crippen LogP contribution in [0.3, 0.4) is 0 Å². The zero-order valence-corrected chi connectivity index (χ0v) is 8.78. The van der Waals surface area contributed by atoms with Gasteiger partial charge in [0.1, 0.15) is 5.60 Å². The van der Waals surface area contributed by atoms with Gasteiger partial charge in [0, 0.05) is 12.0 Å². The molecule has 2 unspecified atom stereocenters. The second-order valence-electron chi connectivity index (χ2n) is 3.84. The lowest BCUT2D eigenvalue weighted by Crippen LogP contribution is -2.52. The molecule has 0 bridgehead atoms. The fourth-order valence-corrected chi connectivity index (χ4v) is 1.20. The fourth-order valence-electron chi connectivity index (χ4n) is 1.20. The van der Waals surface area contributed by atoms with Gasteiger partial charge in [-0.2, -0.15) is 0 Å². The Kier molecular flexibility index (Phi) is 3.14. The molecule has 1 rings (SSSR count). The Morgan fingerprint density at radius 2 is 2.33 bits per heavy atom. The third-order valence-electron chi connectivity index (χ3n) is 2.20. The number of aliphatic hydroxyl groups is 1. The van der Waals surface area contributed by atoms with Gasteiger partial charge in [-0.25, -0.2) is 9.59 Å². The average molecular weight is 214 g/mol. The monoisotopic (exact) mass is 214 g/mol. The maximum absolute atomic E-state index is 11.3. The van der Waals surface area contributed by atoms with E-state index in [2.05, 4.69) is 6.58 Å². The van der Waals surface area contributed by atoms with Gasteiger partial charge in [-0.3, -0.25) is 0 Å². The zero-order chi connectivity index (χ0) is 11.6. The van der Waals surface area contributed by atoms with Crippen LogP contribution in [0.4, 0.5) is 0 Å². The molecular weight excluding hydrogens is 200 g/mol. The summed E-state index contributed by atoms with van der Waals surface area (Å²) in [6.45, 7) is 6.41. The molecule has 2 atom stereocenters. The number of carbonyl (C=O) groups excluding carboxylic acids is 2. The van der Waals surface area contributed by atoms with Gasteiger partial charge >= 0.3 is 11.9 Å². The Balaban J connectivity index is 2.76. The van der Waals surface area contributed by atoms with E-state index in [-0.39, 0.29) is 18.6 Å². The molecule has 84 valence electrons. The van der Waals surface area contributed by atoms with Crippen LogP contribution in [-0.2, 0) is 19.1 Å². The lowest BCUT2D eigenvalue weighted by atomic mass is 9.93. The summed E-state index contributed by atoms with van der Waals surface area (Å²) >= 11 is 0. The molecule has 1 fully saturated rings. The van der Waals surface area contributed by atoms with Gasteiger partial charge in [0.25, 0.3) is 0 Å². The van der Waals surface area contributed by atoms with Gasteiger partial charge in [-0.15, -0.1) is 0 Å². The topological polar surface area (TPSA) is 72.8 Å².